The van der Waals surface area contributed by atoms with E-state index in [1.165, 1.54) is 6.42 Å². The molecule has 0 saturated heterocycles. The van der Waals surface area contributed by atoms with E-state index < -0.39 is 0 Å². The van der Waals surface area contributed by atoms with Gasteiger partial charge < -0.3 is 10.7 Å². The van der Waals surface area contributed by atoms with E-state index in [1.54, 1.807) is 24.3 Å². The molecule has 1 saturated carbocycles. The van der Waals surface area contributed by atoms with Gasteiger partial charge in [0.2, 0.25) is 0 Å². The molecule has 2 atom stereocenters. The van der Waals surface area contributed by atoms with Crippen LogP contribution in [-0.4, -0.2) is 11.9 Å². The molecule has 1 aromatic rings. The van der Waals surface area contributed by atoms with Crippen LogP contribution in [0.2, 0.25) is 0 Å². The molecule has 1 aliphatic rings. The summed E-state index contributed by atoms with van der Waals surface area (Å²) < 4.78 is 0. The largest absolute Gasteiger partial charge is 0.349 e. The topological polar surface area (TPSA) is 67.2 Å². The van der Waals surface area contributed by atoms with Crippen LogP contribution in [0.4, 0.5) is 5.69 Å². The Morgan fingerprint density at radius 3 is 2.53 bits per heavy atom. The zero-order valence-electron chi connectivity index (χ0n) is 10.1. The normalized spacial score (nSPS) is 23.4. The molecule has 1 aliphatic carbocycles. The molecule has 0 aromatic heterocycles. The van der Waals surface area contributed by atoms with Gasteiger partial charge in [-0.1, -0.05) is 6.92 Å². The van der Waals surface area contributed by atoms with Crippen molar-refractivity contribution < 1.29 is 4.79 Å². The lowest BCUT2D eigenvalue weighted by Gasteiger charge is -2.12. The van der Waals surface area contributed by atoms with Crippen LogP contribution in [0.5, 0.6) is 0 Å². The Balaban J connectivity index is 1.94. The second kappa shape index (κ2) is 5.19. The molecular formula is C13H19N3O. The molecule has 2 rings (SSSR count). The number of hydrogen-bond donors (Lipinski definition) is 3. The third-order valence-corrected chi connectivity index (χ3v) is 3.34. The van der Waals surface area contributed by atoms with Crippen LogP contribution in [0.25, 0.3) is 0 Å². The van der Waals surface area contributed by atoms with Crippen LogP contribution in [-0.2, 0) is 0 Å². The average Bonchev–Trinajstić information content (AvgIpc) is 2.75. The Hall–Kier alpha value is -1.55. The van der Waals surface area contributed by atoms with Crippen LogP contribution in [0.3, 0.4) is 0 Å². The predicted molar refractivity (Wildman–Crippen MR) is 68.5 cm³/mol. The Kier molecular flexibility index (Phi) is 3.64. The summed E-state index contributed by atoms with van der Waals surface area (Å²) in [7, 11) is 0. The van der Waals surface area contributed by atoms with Crippen molar-refractivity contribution in [1.82, 2.24) is 5.32 Å². The summed E-state index contributed by atoms with van der Waals surface area (Å²) in [4.78, 5) is 11.9. The van der Waals surface area contributed by atoms with Crippen molar-refractivity contribution >= 4 is 11.6 Å². The summed E-state index contributed by atoms with van der Waals surface area (Å²) in [5.41, 5.74) is 4.03. The van der Waals surface area contributed by atoms with Crippen LogP contribution < -0.4 is 16.6 Å². The van der Waals surface area contributed by atoms with Gasteiger partial charge in [-0.3, -0.25) is 10.6 Å². The Bertz CT molecular complexity index is 388. The predicted octanol–water partition coefficient (Wildman–Crippen LogP) is 1.89. The van der Waals surface area contributed by atoms with Crippen LogP contribution >= 0.6 is 0 Å². The third-order valence-electron chi connectivity index (χ3n) is 3.34. The number of amides is 1. The first kappa shape index (κ1) is 11.9. The zero-order valence-corrected chi connectivity index (χ0v) is 10.1. The number of anilines is 1. The number of nitrogens with two attached hydrogens (primary N) is 1. The lowest BCUT2D eigenvalue weighted by Crippen LogP contribution is -2.32. The van der Waals surface area contributed by atoms with Crippen LogP contribution in [0.1, 0.15) is 36.5 Å². The Morgan fingerprint density at radius 2 is 2.00 bits per heavy atom. The van der Waals surface area contributed by atoms with Gasteiger partial charge in [0, 0.05) is 17.3 Å². The monoisotopic (exact) mass is 233 g/mol. The molecule has 1 fully saturated rings. The van der Waals surface area contributed by atoms with E-state index in [0.717, 1.165) is 24.4 Å². The van der Waals surface area contributed by atoms with Gasteiger partial charge in [-0.25, -0.2) is 0 Å². The first-order chi connectivity index (χ1) is 8.19. The first-order valence-corrected chi connectivity index (χ1v) is 6.06. The van der Waals surface area contributed by atoms with Gasteiger partial charge >= 0.3 is 0 Å². The molecule has 4 nitrogen and oxygen atoms in total. The molecule has 0 heterocycles. The number of carbonyl (C=O) groups excluding carboxylic acids is 1. The Morgan fingerprint density at radius 1 is 1.29 bits per heavy atom. The van der Waals surface area contributed by atoms with Gasteiger partial charge in [0.1, 0.15) is 0 Å². The van der Waals surface area contributed by atoms with E-state index in [4.69, 9.17) is 5.84 Å². The zero-order chi connectivity index (χ0) is 12.3. The maximum atomic E-state index is 11.9. The summed E-state index contributed by atoms with van der Waals surface area (Å²) >= 11 is 0. The van der Waals surface area contributed by atoms with Crippen molar-refractivity contribution in [1.29, 1.82) is 0 Å². The minimum Gasteiger partial charge on any atom is -0.349 e. The number of nitrogen functional groups attached to an aromatic ring is 1. The molecule has 4 heteroatoms. The van der Waals surface area contributed by atoms with Gasteiger partial charge in [-0.15, -0.1) is 0 Å². The molecule has 17 heavy (non-hydrogen) atoms. The number of hydrogen-bond acceptors (Lipinski definition) is 3. The quantitative estimate of drug-likeness (QED) is 0.551. The van der Waals surface area contributed by atoms with Crippen molar-refractivity contribution in [3.05, 3.63) is 29.8 Å². The van der Waals surface area contributed by atoms with Crippen LogP contribution in [0.15, 0.2) is 24.3 Å². The van der Waals surface area contributed by atoms with Crippen molar-refractivity contribution in [3.8, 4) is 0 Å². The number of rotatable bonds is 3. The second-order valence-corrected chi connectivity index (χ2v) is 4.81. The van der Waals surface area contributed by atoms with E-state index in [0.29, 0.717) is 11.6 Å². The maximum Gasteiger partial charge on any atom is 0.251 e. The van der Waals surface area contributed by atoms with Crippen molar-refractivity contribution in [2.24, 2.45) is 11.8 Å². The summed E-state index contributed by atoms with van der Waals surface area (Å²) in [5, 5.41) is 3.07. The molecule has 92 valence electrons. The highest BCUT2D eigenvalue weighted by molar-refractivity contribution is 5.94. The molecule has 0 bridgehead atoms. The third kappa shape index (κ3) is 2.97. The van der Waals surface area contributed by atoms with Gasteiger partial charge in [0.15, 0.2) is 0 Å². The van der Waals surface area contributed by atoms with Crippen molar-refractivity contribution in [3.63, 3.8) is 0 Å². The summed E-state index contributed by atoms with van der Waals surface area (Å²) in [6.07, 6.45) is 3.39. The minimum absolute atomic E-state index is 0.00710. The molecule has 1 amide bonds. The fourth-order valence-corrected chi connectivity index (χ4v) is 2.32. The van der Waals surface area contributed by atoms with Crippen LogP contribution in [0, 0.1) is 5.92 Å². The minimum atomic E-state index is 0.00710. The van der Waals surface area contributed by atoms with Crippen molar-refractivity contribution in [2.75, 3.05) is 5.43 Å². The van der Waals surface area contributed by atoms with Gasteiger partial charge in [0.05, 0.1) is 0 Å². The SMILES string of the molecule is CC1CCC(NC(=O)c2ccc(NN)cc2)C1. The summed E-state index contributed by atoms with van der Waals surface area (Å²) in [6.45, 7) is 2.23. The first-order valence-electron chi connectivity index (χ1n) is 6.06. The average molecular weight is 233 g/mol. The van der Waals surface area contributed by atoms with E-state index in [2.05, 4.69) is 17.7 Å². The Labute approximate surface area is 102 Å². The fraction of sp³-hybridized carbons (Fsp3) is 0.462. The van der Waals surface area contributed by atoms with Gasteiger partial charge in [-0.05, 0) is 49.4 Å². The van der Waals surface area contributed by atoms with E-state index in [-0.39, 0.29) is 5.91 Å². The number of hydrazine groups is 1. The lowest BCUT2D eigenvalue weighted by atomic mass is 10.1. The smallest absolute Gasteiger partial charge is 0.251 e. The van der Waals surface area contributed by atoms with Crippen molar-refractivity contribution in [2.45, 2.75) is 32.2 Å². The standard InChI is InChI=1S/C13H19N3O/c1-9-2-5-12(8-9)15-13(17)10-3-6-11(16-14)7-4-10/h3-4,6-7,9,12,16H,2,5,8,14H2,1H3,(H,15,17). The van der Waals surface area contributed by atoms with E-state index in [1.807, 2.05) is 0 Å². The fourth-order valence-electron chi connectivity index (χ4n) is 2.32. The molecule has 1 aromatic carbocycles. The highest BCUT2D eigenvalue weighted by Crippen LogP contribution is 2.24. The molecule has 0 aliphatic heterocycles. The highest BCUT2D eigenvalue weighted by Gasteiger charge is 2.22. The summed E-state index contributed by atoms with van der Waals surface area (Å²) in [5.74, 6) is 6.01. The molecule has 0 spiro atoms. The number of carbonyl (C=O) groups is 1. The maximum absolute atomic E-state index is 11.9. The number of benzene rings is 1. The molecule has 4 N–H and O–H groups in total. The highest BCUT2D eigenvalue weighted by atomic mass is 16.1. The van der Waals surface area contributed by atoms with Gasteiger partial charge in [-0.2, -0.15) is 0 Å². The molecule has 2 unspecified atom stereocenters. The molecule has 0 radical (unpaired) electrons. The van der Waals surface area contributed by atoms with Gasteiger partial charge in [0.25, 0.3) is 5.91 Å². The number of nitrogens with one attached hydrogen (secondary N) is 2. The second-order valence-electron chi connectivity index (χ2n) is 4.81. The summed E-state index contributed by atoms with van der Waals surface area (Å²) in [6, 6.07) is 7.49. The molecular weight excluding hydrogens is 214 g/mol. The van der Waals surface area contributed by atoms with E-state index >= 15 is 0 Å². The van der Waals surface area contributed by atoms with E-state index in [9.17, 15) is 4.79 Å². The lowest BCUT2D eigenvalue weighted by molar-refractivity contribution is 0.0937.